The van der Waals surface area contributed by atoms with Gasteiger partial charge in [-0.2, -0.15) is 15.4 Å². The summed E-state index contributed by atoms with van der Waals surface area (Å²) in [6.07, 6.45) is 4.21. The molecule has 1 aromatic heterocycles. The van der Waals surface area contributed by atoms with Crippen LogP contribution in [0.2, 0.25) is 0 Å². The molecular formula is C25H28N6O2. The Bertz CT molecular complexity index is 1120. The minimum absolute atomic E-state index is 0.0422. The van der Waals surface area contributed by atoms with Gasteiger partial charge in [0, 0.05) is 38.1 Å². The van der Waals surface area contributed by atoms with Gasteiger partial charge in [-0.3, -0.25) is 14.5 Å². The van der Waals surface area contributed by atoms with Crippen molar-refractivity contribution in [1.82, 2.24) is 14.8 Å². The molecule has 2 aliphatic rings. The van der Waals surface area contributed by atoms with Gasteiger partial charge in [-0.1, -0.05) is 13.0 Å². The highest BCUT2D eigenvalue weighted by molar-refractivity contribution is 6.12. The number of carbonyl (C=O) groups excluding carboxylic acids is 2. The number of nitrogens with zero attached hydrogens (tertiary/aromatic N) is 6. The zero-order chi connectivity index (χ0) is 23.5. The summed E-state index contributed by atoms with van der Waals surface area (Å²) in [5, 5.41) is 14.6. The van der Waals surface area contributed by atoms with E-state index in [4.69, 9.17) is 5.26 Å². The number of amides is 2. The summed E-state index contributed by atoms with van der Waals surface area (Å²) >= 11 is 0. The molecule has 2 amide bonds. The van der Waals surface area contributed by atoms with E-state index < -0.39 is 5.92 Å². The van der Waals surface area contributed by atoms with E-state index in [9.17, 15) is 9.59 Å². The van der Waals surface area contributed by atoms with Gasteiger partial charge in [0.25, 0.3) is 11.8 Å². The van der Waals surface area contributed by atoms with Gasteiger partial charge >= 0.3 is 0 Å². The number of nitriles is 1. The Morgan fingerprint density at radius 2 is 2.06 bits per heavy atom. The first-order chi connectivity index (χ1) is 15.9. The maximum atomic E-state index is 13.0. The van der Waals surface area contributed by atoms with Crippen LogP contribution in [-0.4, -0.2) is 65.0 Å². The average Bonchev–Trinajstić information content (AvgIpc) is 3.21. The van der Waals surface area contributed by atoms with Crippen LogP contribution in [0.15, 0.2) is 41.6 Å². The Morgan fingerprint density at radius 3 is 2.70 bits per heavy atom. The van der Waals surface area contributed by atoms with Gasteiger partial charge in [-0.15, -0.1) is 0 Å². The summed E-state index contributed by atoms with van der Waals surface area (Å²) in [7, 11) is 0. The van der Waals surface area contributed by atoms with Crippen molar-refractivity contribution in [3.63, 3.8) is 0 Å². The number of aryl methyl sites for hydroxylation is 1. The highest BCUT2D eigenvalue weighted by Gasteiger charge is 2.33. The molecule has 0 spiro atoms. The van der Waals surface area contributed by atoms with Crippen LogP contribution in [0.25, 0.3) is 0 Å². The molecule has 1 fully saturated rings. The number of piperazine rings is 1. The monoisotopic (exact) mass is 444 g/mol. The molecule has 4 rings (SSSR count). The molecule has 2 aliphatic heterocycles. The van der Waals surface area contributed by atoms with Gasteiger partial charge in [0.2, 0.25) is 0 Å². The largest absolute Gasteiger partial charge is 0.336 e. The van der Waals surface area contributed by atoms with Crippen LogP contribution in [0.4, 0.5) is 5.82 Å². The van der Waals surface area contributed by atoms with E-state index in [0.29, 0.717) is 36.1 Å². The van der Waals surface area contributed by atoms with Crippen molar-refractivity contribution < 1.29 is 9.59 Å². The van der Waals surface area contributed by atoms with Crippen LogP contribution >= 0.6 is 0 Å². The van der Waals surface area contributed by atoms with Crippen LogP contribution in [0.3, 0.4) is 0 Å². The molecule has 0 bridgehead atoms. The second-order valence-corrected chi connectivity index (χ2v) is 8.62. The smallest absolute Gasteiger partial charge is 0.261 e. The maximum absolute atomic E-state index is 13.0. The fourth-order valence-corrected chi connectivity index (χ4v) is 4.48. The lowest BCUT2D eigenvalue weighted by Gasteiger charge is -2.39. The van der Waals surface area contributed by atoms with Crippen molar-refractivity contribution >= 4 is 23.8 Å². The van der Waals surface area contributed by atoms with E-state index in [2.05, 4.69) is 34.9 Å². The number of hydrogen-bond acceptors (Lipinski definition) is 6. The highest BCUT2D eigenvalue weighted by atomic mass is 16.2. The number of anilines is 1. The minimum atomic E-state index is -0.526. The predicted octanol–water partition coefficient (Wildman–Crippen LogP) is 2.93. The third-order valence-corrected chi connectivity index (χ3v) is 6.31. The molecule has 0 saturated carbocycles. The number of carbonyl (C=O) groups is 2. The zero-order valence-electron chi connectivity index (χ0n) is 19.2. The Hall–Kier alpha value is -3.57. The Balaban J connectivity index is 1.44. The lowest BCUT2D eigenvalue weighted by Crippen LogP contribution is -2.53. The zero-order valence-corrected chi connectivity index (χ0v) is 19.2. The maximum Gasteiger partial charge on any atom is 0.261 e. The molecule has 0 radical (unpaired) electrons. The molecule has 33 heavy (non-hydrogen) atoms. The lowest BCUT2D eigenvalue weighted by atomic mass is 9.94. The topological polar surface area (TPSA) is 92.9 Å². The standard InChI is InChI=1S/C25H28N6O2/c1-4-9-29-10-11-30(16-18(29)3)24(32)20-6-8-23(27-14-20)31-25(33)22(15-28-31)21-7-5-19(13-26)12-17(21)2/h5-8,12,14-15,18,22H,4,9-11,16H2,1-3H3/t18-,22?/m0/s1. The van der Waals surface area contributed by atoms with E-state index in [-0.39, 0.29) is 11.8 Å². The second kappa shape index (κ2) is 9.51. The molecule has 2 aromatic rings. The fraction of sp³-hybridized carbons (Fsp3) is 0.400. The summed E-state index contributed by atoms with van der Waals surface area (Å²) < 4.78 is 0. The molecule has 1 unspecified atom stereocenters. The Labute approximate surface area is 194 Å². The molecule has 0 aliphatic carbocycles. The summed E-state index contributed by atoms with van der Waals surface area (Å²) in [5.74, 6) is -0.404. The van der Waals surface area contributed by atoms with Gasteiger partial charge in [-0.05, 0) is 62.2 Å². The third-order valence-electron chi connectivity index (χ3n) is 6.31. The number of pyridine rings is 1. The second-order valence-electron chi connectivity index (χ2n) is 8.62. The predicted molar refractivity (Wildman–Crippen MR) is 126 cm³/mol. The molecule has 8 heteroatoms. The molecule has 0 N–H and O–H groups in total. The van der Waals surface area contributed by atoms with Crippen molar-refractivity contribution in [1.29, 1.82) is 5.26 Å². The SMILES string of the molecule is CCCN1CCN(C(=O)c2ccc(N3N=CC(c4ccc(C#N)cc4C)C3=O)nc2)C[C@@H]1C. The first-order valence-corrected chi connectivity index (χ1v) is 11.3. The first kappa shape index (κ1) is 22.6. The fourth-order valence-electron chi connectivity index (χ4n) is 4.48. The van der Waals surface area contributed by atoms with Crippen LogP contribution in [0.1, 0.15) is 53.2 Å². The van der Waals surface area contributed by atoms with Gasteiger partial charge in [0.15, 0.2) is 5.82 Å². The molecule has 2 atom stereocenters. The van der Waals surface area contributed by atoms with E-state index in [1.807, 2.05) is 11.8 Å². The molecular weight excluding hydrogens is 416 g/mol. The minimum Gasteiger partial charge on any atom is -0.336 e. The van der Waals surface area contributed by atoms with Crippen molar-refractivity contribution in [3.05, 3.63) is 58.8 Å². The lowest BCUT2D eigenvalue weighted by molar-refractivity contribution is -0.118. The first-order valence-electron chi connectivity index (χ1n) is 11.3. The average molecular weight is 445 g/mol. The van der Waals surface area contributed by atoms with Gasteiger partial charge < -0.3 is 4.90 Å². The highest BCUT2D eigenvalue weighted by Crippen LogP contribution is 2.28. The number of benzene rings is 1. The third kappa shape index (κ3) is 4.50. The van der Waals surface area contributed by atoms with Crippen molar-refractivity contribution in [3.8, 4) is 6.07 Å². The Morgan fingerprint density at radius 1 is 1.24 bits per heavy atom. The van der Waals surface area contributed by atoms with Crippen molar-refractivity contribution in [2.45, 2.75) is 39.2 Å². The molecule has 1 saturated heterocycles. The normalized spacial score (nSPS) is 20.8. The number of hydrogen-bond donors (Lipinski definition) is 0. The van der Waals surface area contributed by atoms with Gasteiger partial charge in [0.1, 0.15) is 5.92 Å². The van der Waals surface area contributed by atoms with Crippen LogP contribution in [0, 0.1) is 18.3 Å². The van der Waals surface area contributed by atoms with Gasteiger partial charge in [0.05, 0.1) is 17.2 Å². The van der Waals surface area contributed by atoms with E-state index in [0.717, 1.165) is 30.6 Å². The van der Waals surface area contributed by atoms with Crippen LogP contribution in [-0.2, 0) is 4.79 Å². The Kier molecular flexibility index (Phi) is 6.52. The van der Waals surface area contributed by atoms with Crippen molar-refractivity contribution in [2.24, 2.45) is 5.10 Å². The van der Waals surface area contributed by atoms with E-state index in [1.165, 1.54) is 11.2 Å². The van der Waals surface area contributed by atoms with Gasteiger partial charge in [-0.25, -0.2) is 4.98 Å². The summed E-state index contributed by atoms with van der Waals surface area (Å²) in [5.41, 5.74) is 2.74. The molecule has 3 heterocycles. The van der Waals surface area contributed by atoms with Crippen LogP contribution in [0.5, 0.6) is 0 Å². The van der Waals surface area contributed by atoms with E-state index in [1.54, 1.807) is 36.5 Å². The number of hydrazone groups is 1. The summed E-state index contributed by atoms with van der Waals surface area (Å²) in [6, 6.07) is 11.1. The number of aromatic nitrogens is 1. The van der Waals surface area contributed by atoms with Crippen molar-refractivity contribution in [2.75, 3.05) is 31.2 Å². The van der Waals surface area contributed by atoms with Crippen LogP contribution < -0.4 is 5.01 Å². The molecule has 8 nitrogen and oxygen atoms in total. The molecule has 170 valence electrons. The molecule has 1 aromatic carbocycles. The number of rotatable bonds is 5. The van der Waals surface area contributed by atoms with E-state index >= 15 is 0 Å². The summed E-state index contributed by atoms with van der Waals surface area (Å²) in [4.78, 5) is 34.6. The summed E-state index contributed by atoms with van der Waals surface area (Å²) in [6.45, 7) is 9.51. The quantitative estimate of drug-likeness (QED) is 0.707.